The standard InChI is InChI=1S/C25H29N3O3/c29-25(30)22-18-27(19-22)17-21-11-12-24(23(16-21)28-14-7-13-26-28)31-15-6-2-5-10-20-8-3-1-4-9-20/h1,3-4,7-9,11-14,16,22H,2,5-6,10,15,17-19H2,(H,29,30). The summed E-state index contributed by atoms with van der Waals surface area (Å²) in [6, 6.07) is 18.6. The van der Waals surface area contributed by atoms with Crippen molar-refractivity contribution in [2.75, 3.05) is 19.7 Å². The first-order valence-corrected chi connectivity index (χ1v) is 10.9. The highest BCUT2D eigenvalue weighted by Crippen LogP contribution is 2.26. The third-order valence-electron chi connectivity index (χ3n) is 5.70. The van der Waals surface area contributed by atoms with Crippen molar-refractivity contribution in [3.05, 3.63) is 78.1 Å². The Morgan fingerprint density at radius 1 is 1.03 bits per heavy atom. The lowest BCUT2D eigenvalue weighted by Gasteiger charge is -2.36. The molecule has 2 heterocycles. The molecule has 1 aromatic heterocycles. The van der Waals surface area contributed by atoms with Crippen molar-refractivity contribution in [1.82, 2.24) is 14.7 Å². The second-order valence-corrected chi connectivity index (χ2v) is 8.13. The summed E-state index contributed by atoms with van der Waals surface area (Å²) in [5.74, 6) is -0.126. The number of aliphatic carboxylic acids is 1. The van der Waals surface area contributed by atoms with Gasteiger partial charge in [0.15, 0.2) is 0 Å². The molecule has 0 spiro atoms. The fourth-order valence-corrected chi connectivity index (χ4v) is 3.92. The number of benzene rings is 2. The van der Waals surface area contributed by atoms with E-state index in [9.17, 15) is 4.79 Å². The molecule has 0 atom stereocenters. The summed E-state index contributed by atoms with van der Waals surface area (Å²) in [7, 11) is 0. The molecule has 162 valence electrons. The molecule has 6 heteroatoms. The van der Waals surface area contributed by atoms with E-state index in [-0.39, 0.29) is 5.92 Å². The van der Waals surface area contributed by atoms with Gasteiger partial charge in [-0.1, -0.05) is 36.4 Å². The minimum atomic E-state index is -0.707. The lowest BCUT2D eigenvalue weighted by Crippen LogP contribution is -2.49. The molecule has 31 heavy (non-hydrogen) atoms. The van der Waals surface area contributed by atoms with Crippen LogP contribution < -0.4 is 4.74 Å². The van der Waals surface area contributed by atoms with Gasteiger partial charge in [0.05, 0.1) is 12.5 Å². The van der Waals surface area contributed by atoms with Crippen LogP contribution in [-0.4, -0.2) is 45.5 Å². The molecule has 3 aromatic rings. The number of hydrogen-bond donors (Lipinski definition) is 1. The van der Waals surface area contributed by atoms with Crippen molar-refractivity contribution in [1.29, 1.82) is 0 Å². The first-order valence-electron chi connectivity index (χ1n) is 10.9. The smallest absolute Gasteiger partial charge is 0.309 e. The molecule has 6 nitrogen and oxygen atoms in total. The molecule has 4 rings (SSSR count). The Hall–Kier alpha value is -3.12. The van der Waals surface area contributed by atoms with Crippen LogP contribution in [0.25, 0.3) is 5.69 Å². The number of unbranched alkanes of at least 4 members (excludes halogenated alkanes) is 2. The number of ether oxygens (including phenoxy) is 1. The number of likely N-dealkylation sites (tertiary alicyclic amines) is 1. The Morgan fingerprint density at radius 3 is 2.61 bits per heavy atom. The van der Waals surface area contributed by atoms with E-state index < -0.39 is 5.97 Å². The molecule has 0 radical (unpaired) electrons. The second-order valence-electron chi connectivity index (χ2n) is 8.13. The number of aryl methyl sites for hydroxylation is 1. The minimum Gasteiger partial charge on any atom is -0.491 e. The predicted molar refractivity (Wildman–Crippen MR) is 119 cm³/mol. The first-order chi connectivity index (χ1) is 15.2. The Kier molecular flexibility index (Phi) is 6.99. The van der Waals surface area contributed by atoms with E-state index in [2.05, 4.69) is 52.5 Å². The average Bonchev–Trinajstić information content (AvgIpc) is 3.28. The Morgan fingerprint density at radius 2 is 1.87 bits per heavy atom. The fraction of sp³-hybridized carbons (Fsp3) is 0.360. The van der Waals surface area contributed by atoms with E-state index in [0.717, 1.165) is 49.2 Å². The van der Waals surface area contributed by atoms with Crippen molar-refractivity contribution in [3.63, 3.8) is 0 Å². The largest absolute Gasteiger partial charge is 0.491 e. The normalized spacial score (nSPS) is 14.3. The maximum atomic E-state index is 11.0. The molecule has 0 aliphatic carbocycles. The molecule has 1 N–H and O–H groups in total. The van der Waals surface area contributed by atoms with Gasteiger partial charge in [-0.25, -0.2) is 4.68 Å². The van der Waals surface area contributed by atoms with Gasteiger partial charge in [0.2, 0.25) is 0 Å². The van der Waals surface area contributed by atoms with Crippen LogP contribution in [0.1, 0.15) is 30.4 Å². The lowest BCUT2D eigenvalue weighted by atomic mass is 9.99. The van der Waals surface area contributed by atoms with Crippen LogP contribution in [0.4, 0.5) is 0 Å². The number of carbonyl (C=O) groups is 1. The quantitative estimate of drug-likeness (QED) is 0.472. The van der Waals surface area contributed by atoms with Crippen LogP contribution in [0, 0.1) is 5.92 Å². The zero-order valence-corrected chi connectivity index (χ0v) is 17.7. The number of aromatic nitrogens is 2. The number of nitrogens with zero attached hydrogens (tertiary/aromatic N) is 3. The molecule has 0 unspecified atom stereocenters. The van der Waals surface area contributed by atoms with Crippen molar-refractivity contribution in [3.8, 4) is 11.4 Å². The van der Waals surface area contributed by atoms with Crippen LogP contribution in [-0.2, 0) is 17.8 Å². The van der Waals surface area contributed by atoms with Gasteiger partial charge < -0.3 is 9.84 Å². The van der Waals surface area contributed by atoms with Gasteiger partial charge in [0.1, 0.15) is 11.4 Å². The summed E-state index contributed by atoms with van der Waals surface area (Å²) in [5, 5.41) is 13.4. The molecule has 0 amide bonds. The topological polar surface area (TPSA) is 67.6 Å². The highest BCUT2D eigenvalue weighted by Gasteiger charge is 2.32. The molecular formula is C25H29N3O3. The molecule has 2 aromatic carbocycles. The van der Waals surface area contributed by atoms with Crippen molar-refractivity contribution in [2.45, 2.75) is 32.2 Å². The monoisotopic (exact) mass is 419 g/mol. The zero-order chi connectivity index (χ0) is 21.5. The summed E-state index contributed by atoms with van der Waals surface area (Å²) in [6.07, 6.45) is 8.07. The van der Waals surface area contributed by atoms with Crippen molar-refractivity contribution in [2.24, 2.45) is 5.92 Å². The molecule has 1 fully saturated rings. The SMILES string of the molecule is O=C(O)C1CN(Cc2ccc(OCCCCCc3ccccc3)c(-n3cccn3)c2)C1. The summed E-state index contributed by atoms with van der Waals surface area (Å²) in [6.45, 7) is 2.62. The van der Waals surface area contributed by atoms with Gasteiger partial charge in [-0.05, 0) is 55.0 Å². The van der Waals surface area contributed by atoms with Gasteiger partial charge in [-0.15, -0.1) is 0 Å². The zero-order valence-electron chi connectivity index (χ0n) is 17.7. The fourth-order valence-electron chi connectivity index (χ4n) is 3.92. The van der Waals surface area contributed by atoms with Gasteiger partial charge in [-0.2, -0.15) is 5.10 Å². The Balaban J connectivity index is 1.30. The van der Waals surface area contributed by atoms with Crippen LogP contribution in [0.2, 0.25) is 0 Å². The number of rotatable bonds is 11. The van der Waals surface area contributed by atoms with E-state index in [4.69, 9.17) is 9.84 Å². The van der Waals surface area contributed by atoms with E-state index in [1.54, 1.807) is 6.20 Å². The number of carboxylic acid groups (broad SMARTS) is 1. The summed E-state index contributed by atoms with van der Waals surface area (Å²) in [5.41, 5.74) is 3.43. The van der Waals surface area contributed by atoms with Gasteiger partial charge >= 0.3 is 5.97 Å². The van der Waals surface area contributed by atoms with Gasteiger partial charge in [-0.3, -0.25) is 9.69 Å². The maximum Gasteiger partial charge on any atom is 0.309 e. The second kappa shape index (κ2) is 10.3. The minimum absolute atomic E-state index is 0.241. The lowest BCUT2D eigenvalue weighted by molar-refractivity contribution is -0.147. The molecule has 0 bridgehead atoms. The molecular weight excluding hydrogens is 390 g/mol. The van der Waals surface area contributed by atoms with Gasteiger partial charge in [0.25, 0.3) is 0 Å². The summed E-state index contributed by atoms with van der Waals surface area (Å²) < 4.78 is 7.93. The number of hydrogen-bond acceptors (Lipinski definition) is 4. The van der Waals surface area contributed by atoms with Crippen LogP contribution in [0.3, 0.4) is 0 Å². The van der Waals surface area contributed by atoms with E-state index in [1.807, 2.05) is 23.0 Å². The molecule has 1 saturated heterocycles. The highest BCUT2D eigenvalue weighted by atomic mass is 16.5. The van der Waals surface area contributed by atoms with Crippen LogP contribution in [0.15, 0.2) is 67.0 Å². The number of carboxylic acids is 1. The Labute approximate surface area is 183 Å². The van der Waals surface area contributed by atoms with Crippen molar-refractivity contribution < 1.29 is 14.6 Å². The van der Waals surface area contributed by atoms with Crippen molar-refractivity contribution >= 4 is 5.97 Å². The van der Waals surface area contributed by atoms with E-state index in [1.165, 1.54) is 5.56 Å². The summed E-state index contributed by atoms with van der Waals surface area (Å²) in [4.78, 5) is 13.2. The summed E-state index contributed by atoms with van der Waals surface area (Å²) >= 11 is 0. The molecule has 0 saturated carbocycles. The van der Waals surface area contributed by atoms with E-state index >= 15 is 0 Å². The third kappa shape index (κ3) is 5.73. The molecule has 1 aliphatic heterocycles. The Bertz CT molecular complexity index is 967. The van der Waals surface area contributed by atoms with Crippen LogP contribution in [0.5, 0.6) is 5.75 Å². The third-order valence-corrected chi connectivity index (χ3v) is 5.70. The van der Waals surface area contributed by atoms with E-state index in [0.29, 0.717) is 19.7 Å². The molecule has 1 aliphatic rings. The van der Waals surface area contributed by atoms with Gasteiger partial charge in [0, 0.05) is 32.0 Å². The average molecular weight is 420 g/mol. The highest BCUT2D eigenvalue weighted by molar-refractivity contribution is 5.71. The van der Waals surface area contributed by atoms with Crippen LogP contribution >= 0.6 is 0 Å². The first kappa shape index (κ1) is 21.1. The predicted octanol–water partition coefficient (Wildman–Crippen LogP) is 4.18. The maximum absolute atomic E-state index is 11.0.